The highest BCUT2D eigenvalue weighted by atomic mass is 32.1. The Morgan fingerprint density at radius 2 is 1.27 bits per heavy atom. The monoisotopic (exact) mass is 640 g/mol. The van der Waals surface area contributed by atoms with Gasteiger partial charge in [-0.1, -0.05) is 12.1 Å². The number of benzene rings is 1. The van der Waals surface area contributed by atoms with Crippen LogP contribution in [0, 0.1) is 0 Å². The highest BCUT2D eigenvalue weighted by Gasteiger charge is 2.32. The lowest BCUT2D eigenvalue weighted by atomic mass is 10.0. The Balaban J connectivity index is 2.93. The number of hydrogen-bond donors (Lipinski definition) is 10. The third-order valence-corrected chi connectivity index (χ3v) is 6.32. The first-order valence-electron chi connectivity index (χ1n) is 13.1. The number of nitrogens with one attached hydrogen (secondary N) is 5. The molecule has 0 fully saturated rings. The first-order chi connectivity index (χ1) is 20.5. The van der Waals surface area contributed by atoms with E-state index in [-0.39, 0.29) is 24.3 Å². The molecule has 0 radical (unpaired) electrons. The molecule has 0 saturated heterocycles. The molecule has 18 heteroatoms. The van der Waals surface area contributed by atoms with Crippen LogP contribution in [0.5, 0.6) is 5.75 Å². The van der Waals surface area contributed by atoms with Crippen LogP contribution in [0.1, 0.15) is 38.7 Å². The lowest BCUT2D eigenvalue weighted by molar-refractivity contribution is -0.141. The summed E-state index contributed by atoms with van der Waals surface area (Å²) < 4.78 is 0. The van der Waals surface area contributed by atoms with Gasteiger partial charge in [0.25, 0.3) is 0 Å². The van der Waals surface area contributed by atoms with Crippen molar-refractivity contribution in [1.82, 2.24) is 26.6 Å². The van der Waals surface area contributed by atoms with E-state index in [0.717, 1.165) is 6.92 Å². The van der Waals surface area contributed by atoms with Gasteiger partial charge in [-0.25, -0.2) is 0 Å². The number of amides is 6. The maximum Gasteiger partial charge on any atom is 0.305 e. The number of aromatic hydroxyl groups is 1. The number of carbonyl (C=O) groups is 8. The standard InChI is InChI=1S/C26H36N6O11S/c1-12(23(40)30-17(22(27)39)9-14-3-5-15(34)6-4-14)28-25(42)18(10-21(37)38)31-26(43)19(11-44)32-24(41)16(29-13(2)33)7-8-20(35)36/h3-6,12,16-19,34,44H,7-11H2,1-2H3,(H2,27,39)(H,28,42)(H,29,33)(H,30,40)(H,31,43)(H,32,41)(H,35,36)(H,37,38)/t12-,16-,17-,18-,19-/m0/s1. The fourth-order valence-corrected chi connectivity index (χ4v) is 3.93. The Hall–Kier alpha value is -4.87. The summed E-state index contributed by atoms with van der Waals surface area (Å²) in [4.78, 5) is 96.8. The second kappa shape index (κ2) is 17.9. The molecular formula is C26H36N6O11S. The molecule has 0 heterocycles. The van der Waals surface area contributed by atoms with Crippen molar-refractivity contribution in [2.24, 2.45) is 5.73 Å². The van der Waals surface area contributed by atoms with Gasteiger partial charge in [0, 0.05) is 25.5 Å². The maximum atomic E-state index is 12.9. The van der Waals surface area contributed by atoms with E-state index in [1.807, 2.05) is 0 Å². The first kappa shape index (κ1) is 37.2. The molecule has 0 unspecified atom stereocenters. The van der Waals surface area contributed by atoms with Crippen molar-refractivity contribution in [3.05, 3.63) is 29.8 Å². The minimum atomic E-state index is -1.73. The Morgan fingerprint density at radius 3 is 1.77 bits per heavy atom. The van der Waals surface area contributed by atoms with Crippen LogP contribution in [0.25, 0.3) is 0 Å². The molecule has 0 spiro atoms. The molecule has 10 N–H and O–H groups in total. The van der Waals surface area contributed by atoms with Crippen LogP contribution in [0.4, 0.5) is 0 Å². The van der Waals surface area contributed by atoms with Crippen molar-refractivity contribution in [3.8, 4) is 5.75 Å². The summed E-state index contributed by atoms with van der Waals surface area (Å²) in [7, 11) is 0. The average Bonchev–Trinajstić information content (AvgIpc) is 2.93. The molecule has 242 valence electrons. The minimum absolute atomic E-state index is 0.0132. The van der Waals surface area contributed by atoms with Crippen LogP contribution in [0.3, 0.4) is 0 Å². The van der Waals surface area contributed by atoms with Gasteiger partial charge in [0.2, 0.25) is 35.4 Å². The van der Waals surface area contributed by atoms with Crippen molar-refractivity contribution < 1.29 is 53.7 Å². The average molecular weight is 641 g/mol. The normalized spacial score (nSPS) is 14.0. The van der Waals surface area contributed by atoms with Crippen molar-refractivity contribution in [3.63, 3.8) is 0 Å². The number of aliphatic carboxylic acids is 2. The number of rotatable bonds is 18. The van der Waals surface area contributed by atoms with Crippen LogP contribution >= 0.6 is 12.6 Å². The van der Waals surface area contributed by atoms with E-state index < -0.39 is 90.4 Å². The Bertz CT molecular complexity index is 1240. The van der Waals surface area contributed by atoms with E-state index in [4.69, 9.17) is 10.8 Å². The minimum Gasteiger partial charge on any atom is -0.508 e. The lowest BCUT2D eigenvalue weighted by Gasteiger charge is -2.25. The highest BCUT2D eigenvalue weighted by molar-refractivity contribution is 7.80. The summed E-state index contributed by atoms with van der Waals surface area (Å²) in [6, 6.07) is -1.22. The fraction of sp³-hybridized carbons (Fsp3) is 0.462. The van der Waals surface area contributed by atoms with Crippen LogP contribution < -0.4 is 32.3 Å². The maximum absolute atomic E-state index is 12.9. The largest absolute Gasteiger partial charge is 0.508 e. The van der Waals surface area contributed by atoms with Crippen molar-refractivity contribution in [2.45, 2.75) is 69.7 Å². The molecule has 0 saturated carbocycles. The molecule has 1 aromatic rings. The summed E-state index contributed by atoms with van der Waals surface area (Å²) in [5, 5.41) is 38.9. The smallest absolute Gasteiger partial charge is 0.305 e. The number of hydrogen-bond acceptors (Lipinski definition) is 10. The number of primary amides is 1. The molecule has 0 bridgehead atoms. The zero-order valence-electron chi connectivity index (χ0n) is 23.9. The molecule has 6 amide bonds. The lowest BCUT2D eigenvalue weighted by Crippen LogP contribution is -2.59. The van der Waals surface area contributed by atoms with Gasteiger partial charge in [-0.2, -0.15) is 12.6 Å². The fourth-order valence-electron chi connectivity index (χ4n) is 3.67. The summed E-state index contributed by atoms with van der Waals surface area (Å²) in [6.07, 6.45) is -1.72. The second-order valence-electron chi connectivity index (χ2n) is 9.65. The van der Waals surface area contributed by atoms with Crippen LogP contribution in [-0.4, -0.2) is 98.7 Å². The molecule has 17 nitrogen and oxygen atoms in total. The summed E-state index contributed by atoms with van der Waals surface area (Å²) >= 11 is 3.99. The predicted octanol–water partition coefficient (Wildman–Crippen LogP) is -2.85. The van der Waals surface area contributed by atoms with Crippen LogP contribution in [0.15, 0.2) is 24.3 Å². The molecule has 1 aromatic carbocycles. The van der Waals surface area contributed by atoms with Crippen LogP contribution in [0.2, 0.25) is 0 Å². The predicted molar refractivity (Wildman–Crippen MR) is 155 cm³/mol. The van der Waals surface area contributed by atoms with Gasteiger partial charge in [-0.15, -0.1) is 0 Å². The summed E-state index contributed by atoms with van der Waals surface area (Å²) in [5.41, 5.74) is 5.94. The van der Waals surface area contributed by atoms with Gasteiger partial charge >= 0.3 is 11.9 Å². The van der Waals surface area contributed by atoms with Crippen molar-refractivity contribution in [2.75, 3.05) is 5.75 Å². The molecule has 0 aromatic heterocycles. The number of phenols is 1. The zero-order valence-corrected chi connectivity index (χ0v) is 24.8. The summed E-state index contributed by atoms with van der Waals surface area (Å²) in [5.74, 6) is -8.48. The van der Waals surface area contributed by atoms with Crippen molar-refractivity contribution >= 4 is 60.0 Å². The van der Waals surface area contributed by atoms with E-state index in [2.05, 4.69) is 39.2 Å². The number of nitrogens with two attached hydrogens (primary N) is 1. The van der Waals surface area contributed by atoms with E-state index in [1.165, 1.54) is 31.2 Å². The third-order valence-electron chi connectivity index (χ3n) is 5.96. The molecule has 0 aliphatic rings. The summed E-state index contributed by atoms with van der Waals surface area (Å²) in [6.45, 7) is 2.34. The Labute approximate surface area is 257 Å². The van der Waals surface area contributed by atoms with Gasteiger partial charge in [0.05, 0.1) is 6.42 Å². The number of carbonyl (C=O) groups excluding carboxylic acids is 6. The van der Waals surface area contributed by atoms with E-state index in [9.17, 15) is 48.6 Å². The number of thiol groups is 1. The SMILES string of the molecule is CC(=O)N[C@@H](CCC(=O)O)C(=O)N[C@@H](CS)C(=O)N[C@@H](CC(=O)O)C(=O)N[C@@H](C)C(=O)N[C@@H](Cc1ccc(O)cc1)C(N)=O. The zero-order chi connectivity index (χ0) is 33.6. The van der Waals surface area contributed by atoms with Gasteiger partial charge in [0.1, 0.15) is 36.0 Å². The van der Waals surface area contributed by atoms with E-state index >= 15 is 0 Å². The number of phenolic OH excluding ortho intramolecular Hbond substituents is 1. The Morgan fingerprint density at radius 1 is 0.750 bits per heavy atom. The van der Waals surface area contributed by atoms with Gasteiger partial charge in [-0.05, 0) is 31.0 Å². The van der Waals surface area contributed by atoms with Crippen LogP contribution in [-0.2, 0) is 44.8 Å². The second-order valence-corrected chi connectivity index (χ2v) is 10.0. The first-order valence-corrected chi connectivity index (χ1v) is 13.8. The topological polar surface area (TPSA) is 283 Å². The molecular weight excluding hydrogens is 604 g/mol. The van der Waals surface area contributed by atoms with Gasteiger partial charge in [-0.3, -0.25) is 38.4 Å². The van der Waals surface area contributed by atoms with E-state index in [1.54, 1.807) is 0 Å². The number of carboxylic acids is 2. The number of carboxylic acid groups (broad SMARTS) is 2. The molecule has 0 aliphatic heterocycles. The third kappa shape index (κ3) is 13.4. The highest BCUT2D eigenvalue weighted by Crippen LogP contribution is 2.11. The van der Waals surface area contributed by atoms with Gasteiger partial charge in [0.15, 0.2) is 0 Å². The van der Waals surface area contributed by atoms with E-state index in [0.29, 0.717) is 5.56 Å². The van der Waals surface area contributed by atoms with Gasteiger partial charge < -0.3 is 47.6 Å². The molecule has 0 aliphatic carbocycles. The Kier molecular flexibility index (Phi) is 15.1. The quantitative estimate of drug-likeness (QED) is 0.0729. The van der Waals surface area contributed by atoms with Crippen molar-refractivity contribution in [1.29, 1.82) is 0 Å². The molecule has 5 atom stereocenters. The molecule has 1 rings (SSSR count). The molecule has 44 heavy (non-hydrogen) atoms.